The van der Waals surface area contributed by atoms with Crippen LogP contribution in [0.15, 0.2) is 22.7 Å². The van der Waals surface area contributed by atoms with Gasteiger partial charge in [-0.25, -0.2) is 4.39 Å². The maximum Gasteiger partial charge on any atom is 0.254 e. The standard InChI is InChI=1S/C12H14BrFN2O3/c1-19-5-4-16(7-11(15)17)12(18)8-2-3-10(14)9(13)6-8/h2-3,6H,4-5,7H2,1H3,(H2,15,17). The molecule has 0 aliphatic carbocycles. The van der Waals surface area contributed by atoms with Gasteiger partial charge in [0.05, 0.1) is 17.6 Å². The highest BCUT2D eigenvalue weighted by molar-refractivity contribution is 9.10. The minimum absolute atomic E-state index is 0.184. The lowest BCUT2D eigenvalue weighted by molar-refractivity contribution is -0.118. The third kappa shape index (κ3) is 4.60. The van der Waals surface area contributed by atoms with Crippen LogP contribution in [0.1, 0.15) is 10.4 Å². The first-order valence-corrected chi connectivity index (χ1v) is 6.26. The van der Waals surface area contributed by atoms with Gasteiger partial charge in [0.15, 0.2) is 0 Å². The average Bonchev–Trinajstić information content (AvgIpc) is 2.36. The Morgan fingerprint density at radius 1 is 1.47 bits per heavy atom. The van der Waals surface area contributed by atoms with E-state index < -0.39 is 17.6 Å². The van der Waals surface area contributed by atoms with Crippen molar-refractivity contribution in [2.24, 2.45) is 5.73 Å². The van der Waals surface area contributed by atoms with Crippen LogP contribution in [0.3, 0.4) is 0 Å². The molecule has 5 nitrogen and oxygen atoms in total. The van der Waals surface area contributed by atoms with Gasteiger partial charge in [0.2, 0.25) is 5.91 Å². The Bertz CT molecular complexity index is 482. The number of hydrogen-bond donors (Lipinski definition) is 1. The summed E-state index contributed by atoms with van der Waals surface area (Å²) < 4.78 is 18.2. The smallest absolute Gasteiger partial charge is 0.254 e. The molecule has 1 aromatic rings. The molecule has 0 unspecified atom stereocenters. The first-order valence-electron chi connectivity index (χ1n) is 5.47. The minimum Gasteiger partial charge on any atom is -0.383 e. The minimum atomic E-state index is -0.620. The molecule has 1 aromatic carbocycles. The zero-order valence-electron chi connectivity index (χ0n) is 10.4. The number of halogens is 2. The number of ether oxygens (including phenoxy) is 1. The molecular formula is C12H14BrFN2O3. The summed E-state index contributed by atoms with van der Waals surface area (Å²) >= 11 is 3.00. The topological polar surface area (TPSA) is 72.6 Å². The average molecular weight is 333 g/mol. The van der Waals surface area contributed by atoms with Gasteiger partial charge < -0.3 is 15.4 Å². The maximum absolute atomic E-state index is 13.1. The summed E-state index contributed by atoms with van der Waals surface area (Å²) in [6.07, 6.45) is 0. The van der Waals surface area contributed by atoms with Gasteiger partial charge in [-0.15, -0.1) is 0 Å². The molecule has 0 aliphatic heterocycles. The van der Waals surface area contributed by atoms with Gasteiger partial charge in [0.1, 0.15) is 5.82 Å². The van der Waals surface area contributed by atoms with Gasteiger partial charge in [-0.2, -0.15) is 0 Å². The van der Waals surface area contributed by atoms with Crippen molar-refractivity contribution >= 4 is 27.7 Å². The summed E-state index contributed by atoms with van der Waals surface area (Å²) in [7, 11) is 1.49. The molecule has 0 radical (unpaired) electrons. The van der Waals surface area contributed by atoms with E-state index in [-0.39, 0.29) is 29.7 Å². The largest absolute Gasteiger partial charge is 0.383 e. The Morgan fingerprint density at radius 3 is 2.68 bits per heavy atom. The number of benzene rings is 1. The molecule has 0 bridgehead atoms. The van der Waals surface area contributed by atoms with Gasteiger partial charge in [-0.05, 0) is 34.1 Å². The Hall–Kier alpha value is -1.47. The summed E-state index contributed by atoms with van der Waals surface area (Å²) in [6, 6.07) is 3.89. The lowest BCUT2D eigenvalue weighted by atomic mass is 10.2. The fourth-order valence-corrected chi connectivity index (χ4v) is 1.83. The predicted octanol–water partition coefficient (Wildman–Crippen LogP) is 1.16. The van der Waals surface area contributed by atoms with Gasteiger partial charge in [0.25, 0.3) is 5.91 Å². The van der Waals surface area contributed by atoms with E-state index in [9.17, 15) is 14.0 Å². The molecule has 104 valence electrons. The molecule has 19 heavy (non-hydrogen) atoms. The molecule has 2 amide bonds. The van der Waals surface area contributed by atoms with Crippen LogP contribution in [0.4, 0.5) is 4.39 Å². The van der Waals surface area contributed by atoms with Crippen LogP contribution < -0.4 is 5.73 Å². The van der Waals surface area contributed by atoms with Crippen molar-refractivity contribution in [1.29, 1.82) is 0 Å². The predicted molar refractivity (Wildman–Crippen MR) is 71.1 cm³/mol. The van der Waals surface area contributed by atoms with E-state index in [4.69, 9.17) is 10.5 Å². The van der Waals surface area contributed by atoms with Crippen molar-refractivity contribution in [1.82, 2.24) is 4.90 Å². The Labute approximate surface area is 118 Å². The van der Waals surface area contributed by atoms with E-state index in [0.29, 0.717) is 0 Å². The number of primary amides is 1. The van der Waals surface area contributed by atoms with Crippen molar-refractivity contribution in [3.8, 4) is 0 Å². The fraction of sp³-hybridized carbons (Fsp3) is 0.333. The van der Waals surface area contributed by atoms with Crippen LogP contribution in [0.5, 0.6) is 0 Å². The molecule has 0 aliphatic rings. The second-order valence-electron chi connectivity index (χ2n) is 3.81. The molecule has 2 N–H and O–H groups in total. The monoisotopic (exact) mass is 332 g/mol. The normalized spacial score (nSPS) is 10.3. The van der Waals surface area contributed by atoms with E-state index in [1.807, 2.05) is 0 Å². The molecule has 0 saturated carbocycles. The number of methoxy groups -OCH3 is 1. The highest BCUT2D eigenvalue weighted by atomic mass is 79.9. The molecule has 0 atom stereocenters. The van der Waals surface area contributed by atoms with Gasteiger partial charge in [-0.1, -0.05) is 0 Å². The highest BCUT2D eigenvalue weighted by Gasteiger charge is 2.18. The lowest BCUT2D eigenvalue weighted by Crippen LogP contribution is -2.40. The second kappa shape index (κ2) is 7.20. The number of carbonyl (C=O) groups excluding carboxylic acids is 2. The Balaban J connectivity index is 2.90. The molecule has 0 aromatic heterocycles. The number of hydrogen-bond acceptors (Lipinski definition) is 3. The summed E-state index contributed by atoms with van der Waals surface area (Å²) in [5, 5.41) is 0. The van der Waals surface area contributed by atoms with Crippen molar-refractivity contribution in [2.45, 2.75) is 0 Å². The highest BCUT2D eigenvalue weighted by Crippen LogP contribution is 2.18. The molecule has 1 rings (SSSR count). The van der Waals surface area contributed by atoms with Crippen molar-refractivity contribution < 1.29 is 18.7 Å². The van der Waals surface area contributed by atoms with Crippen molar-refractivity contribution in [2.75, 3.05) is 26.8 Å². The Morgan fingerprint density at radius 2 is 2.16 bits per heavy atom. The number of nitrogens with two attached hydrogens (primary N) is 1. The first-order chi connectivity index (χ1) is 8.95. The van der Waals surface area contributed by atoms with Crippen LogP contribution in [0.2, 0.25) is 0 Å². The van der Waals surface area contributed by atoms with E-state index in [1.165, 1.54) is 30.2 Å². The molecule has 7 heteroatoms. The summed E-state index contributed by atoms with van der Waals surface area (Å²) in [5.41, 5.74) is 5.36. The molecule has 0 fully saturated rings. The molecule has 0 saturated heterocycles. The van der Waals surface area contributed by atoms with E-state index >= 15 is 0 Å². The van der Waals surface area contributed by atoms with Crippen molar-refractivity contribution in [3.63, 3.8) is 0 Å². The van der Waals surface area contributed by atoms with E-state index in [0.717, 1.165) is 0 Å². The fourth-order valence-electron chi connectivity index (χ4n) is 1.45. The molecular weight excluding hydrogens is 319 g/mol. The maximum atomic E-state index is 13.1. The van der Waals surface area contributed by atoms with Crippen molar-refractivity contribution in [3.05, 3.63) is 34.1 Å². The van der Waals surface area contributed by atoms with Crippen LogP contribution in [0, 0.1) is 5.82 Å². The number of rotatable bonds is 6. The van der Waals surface area contributed by atoms with Gasteiger partial charge in [-0.3, -0.25) is 9.59 Å². The first kappa shape index (κ1) is 15.6. The summed E-state index contributed by atoms with van der Waals surface area (Å²) in [4.78, 5) is 24.4. The van der Waals surface area contributed by atoms with Crippen LogP contribution in [-0.4, -0.2) is 43.5 Å². The van der Waals surface area contributed by atoms with E-state index in [2.05, 4.69) is 15.9 Å². The second-order valence-corrected chi connectivity index (χ2v) is 4.67. The van der Waals surface area contributed by atoms with Crippen LogP contribution in [0.25, 0.3) is 0 Å². The SMILES string of the molecule is COCCN(CC(N)=O)C(=O)c1ccc(F)c(Br)c1. The summed E-state index contributed by atoms with van der Waals surface area (Å²) in [5.74, 6) is -1.49. The lowest BCUT2D eigenvalue weighted by Gasteiger charge is -2.20. The zero-order chi connectivity index (χ0) is 14.4. The number of nitrogens with zero attached hydrogens (tertiary/aromatic N) is 1. The van der Waals surface area contributed by atoms with Gasteiger partial charge in [0, 0.05) is 19.2 Å². The van der Waals surface area contributed by atoms with Crippen LogP contribution in [-0.2, 0) is 9.53 Å². The number of carbonyl (C=O) groups is 2. The molecule has 0 spiro atoms. The quantitative estimate of drug-likeness (QED) is 0.849. The number of amides is 2. The van der Waals surface area contributed by atoms with E-state index in [1.54, 1.807) is 0 Å². The summed E-state index contributed by atoms with van der Waals surface area (Å²) in [6.45, 7) is 0.297. The zero-order valence-corrected chi connectivity index (χ0v) is 11.9. The van der Waals surface area contributed by atoms with Gasteiger partial charge >= 0.3 is 0 Å². The third-order valence-corrected chi connectivity index (χ3v) is 2.97. The third-order valence-electron chi connectivity index (χ3n) is 2.37. The van der Waals surface area contributed by atoms with Crippen LogP contribution >= 0.6 is 15.9 Å². The molecule has 0 heterocycles. The Kier molecular flexibility index (Phi) is 5.91.